The third-order valence-electron chi connectivity index (χ3n) is 2.93. The Morgan fingerprint density at radius 2 is 2.00 bits per heavy atom. The number of rotatable bonds is 6. The minimum atomic E-state index is -0.571. The second kappa shape index (κ2) is 7.82. The van der Waals surface area contributed by atoms with Crippen molar-refractivity contribution in [1.82, 2.24) is 0 Å². The second-order valence-corrected chi connectivity index (χ2v) is 4.60. The summed E-state index contributed by atoms with van der Waals surface area (Å²) in [5.41, 5.74) is 1.88. The van der Waals surface area contributed by atoms with E-state index >= 15 is 0 Å². The van der Waals surface area contributed by atoms with Gasteiger partial charge >= 0.3 is 0 Å². The maximum absolute atomic E-state index is 13.7. The van der Waals surface area contributed by atoms with E-state index in [1.807, 2.05) is 6.92 Å². The molecule has 0 fully saturated rings. The number of allylic oxidation sites excluding steroid dienone is 1. The van der Waals surface area contributed by atoms with Crippen LogP contribution in [0, 0.1) is 11.6 Å². The summed E-state index contributed by atoms with van der Waals surface area (Å²) in [7, 11) is 0. The Bertz CT molecular complexity index is 476. The third-order valence-corrected chi connectivity index (χ3v) is 2.93. The quantitative estimate of drug-likeness (QED) is 0.484. The molecule has 0 heterocycles. The van der Waals surface area contributed by atoms with Crippen LogP contribution in [-0.2, 0) is 0 Å². The van der Waals surface area contributed by atoms with Crippen molar-refractivity contribution in [2.45, 2.75) is 46.5 Å². The van der Waals surface area contributed by atoms with E-state index in [4.69, 9.17) is 0 Å². The Morgan fingerprint density at radius 1 is 1.26 bits per heavy atom. The predicted octanol–water partition coefficient (Wildman–Crippen LogP) is 5.37. The van der Waals surface area contributed by atoms with E-state index in [9.17, 15) is 8.78 Å². The van der Waals surface area contributed by atoms with Crippen LogP contribution in [0.1, 0.15) is 52.0 Å². The van der Waals surface area contributed by atoms with Crippen LogP contribution in [0.2, 0.25) is 0 Å². The molecule has 0 N–H and O–H groups in total. The van der Waals surface area contributed by atoms with Gasteiger partial charge in [0.25, 0.3) is 0 Å². The molecule has 0 saturated carbocycles. The molecular weight excluding hydrogens is 244 g/mol. The lowest BCUT2D eigenvalue weighted by molar-refractivity contribution is 0.581. The molecule has 19 heavy (non-hydrogen) atoms. The van der Waals surface area contributed by atoms with Crippen LogP contribution >= 0.6 is 0 Å². The molecule has 104 valence electrons. The van der Waals surface area contributed by atoms with Gasteiger partial charge in [-0.1, -0.05) is 25.8 Å². The highest BCUT2D eigenvalue weighted by molar-refractivity contribution is 5.88. The van der Waals surface area contributed by atoms with Crippen molar-refractivity contribution in [3.8, 4) is 0 Å². The van der Waals surface area contributed by atoms with E-state index in [0.717, 1.165) is 31.0 Å². The van der Waals surface area contributed by atoms with E-state index in [1.54, 1.807) is 13.0 Å². The van der Waals surface area contributed by atoms with Gasteiger partial charge in [0.15, 0.2) is 0 Å². The molecule has 0 spiro atoms. The van der Waals surface area contributed by atoms with Crippen molar-refractivity contribution in [3.63, 3.8) is 0 Å². The Kier molecular flexibility index (Phi) is 6.40. The van der Waals surface area contributed by atoms with E-state index in [0.29, 0.717) is 11.3 Å². The number of aliphatic imine (C=N–C) groups is 1. The molecule has 0 aliphatic carbocycles. The van der Waals surface area contributed by atoms with Crippen molar-refractivity contribution >= 4 is 11.4 Å². The molecule has 0 radical (unpaired) electrons. The highest BCUT2D eigenvalue weighted by Crippen LogP contribution is 2.21. The van der Waals surface area contributed by atoms with Crippen LogP contribution in [-0.4, -0.2) is 5.71 Å². The molecule has 0 atom stereocenters. The first kappa shape index (κ1) is 15.5. The number of hydrogen-bond donors (Lipinski definition) is 0. The minimum Gasteiger partial charge on any atom is -0.258 e. The van der Waals surface area contributed by atoms with Crippen LogP contribution in [0.15, 0.2) is 29.3 Å². The van der Waals surface area contributed by atoms with Gasteiger partial charge in [-0.15, -0.1) is 0 Å². The molecule has 0 aliphatic rings. The van der Waals surface area contributed by atoms with Crippen LogP contribution in [0.25, 0.3) is 5.70 Å². The Morgan fingerprint density at radius 3 is 2.58 bits per heavy atom. The molecule has 0 unspecified atom stereocenters. The summed E-state index contributed by atoms with van der Waals surface area (Å²) in [4.78, 5) is 4.44. The smallest absolute Gasteiger partial charge is 0.135 e. The Labute approximate surface area is 114 Å². The van der Waals surface area contributed by atoms with E-state index < -0.39 is 11.6 Å². The molecule has 1 rings (SSSR count). The molecule has 0 amide bonds. The molecule has 0 saturated heterocycles. The largest absolute Gasteiger partial charge is 0.258 e. The monoisotopic (exact) mass is 265 g/mol. The van der Waals surface area contributed by atoms with Gasteiger partial charge in [0.05, 0.1) is 5.70 Å². The van der Waals surface area contributed by atoms with Gasteiger partial charge < -0.3 is 0 Å². The van der Waals surface area contributed by atoms with Crippen LogP contribution in [0.4, 0.5) is 8.78 Å². The van der Waals surface area contributed by atoms with Crippen LogP contribution in [0.3, 0.4) is 0 Å². The SMILES string of the molecule is C/C=C(\N=C(C)CCCCC)c1ccc(F)cc1F. The average molecular weight is 265 g/mol. The number of benzene rings is 1. The average Bonchev–Trinajstić information content (AvgIpc) is 2.37. The molecule has 3 heteroatoms. The fraction of sp³-hybridized carbons (Fsp3) is 0.438. The molecule has 0 bridgehead atoms. The molecule has 1 nitrogen and oxygen atoms in total. The first-order chi connectivity index (χ1) is 9.08. The van der Waals surface area contributed by atoms with Crippen LogP contribution in [0.5, 0.6) is 0 Å². The topological polar surface area (TPSA) is 12.4 Å². The molecule has 0 aromatic heterocycles. The summed E-state index contributed by atoms with van der Waals surface area (Å²) in [6.45, 7) is 5.90. The summed E-state index contributed by atoms with van der Waals surface area (Å²) >= 11 is 0. The fourth-order valence-corrected chi connectivity index (χ4v) is 1.87. The molecule has 0 aliphatic heterocycles. The number of nitrogens with zero attached hydrogens (tertiary/aromatic N) is 1. The summed E-state index contributed by atoms with van der Waals surface area (Å²) in [5, 5.41) is 0. The summed E-state index contributed by atoms with van der Waals surface area (Å²) in [5.74, 6) is -1.14. The van der Waals surface area contributed by atoms with Gasteiger partial charge in [-0.2, -0.15) is 0 Å². The summed E-state index contributed by atoms with van der Waals surface area (Å²) in [6, 6.07) is 3.58. The maximum atomic E-state index is 13.7. The van der Waals surface area contributed by atoms with E-state index in [-0.39, 0.29) is 0 Å². The zero-order valence-corrected chi connectivity index (χ0v) is 11.8. The highest BCUT2D eigenvalue weighted by Gasteiger charge is 2.08. The Hall–Kier alpha value is -1.51. The van der Waals surface area contributed by atoms with E-state index in [1.165, 1.54) is 18.6 Å². The van der Waals surface area contributed by atoms with Crippen LogP contribution < -0.4 is 0 Å². The second-order valence-electron chi connectivity index (χ2n) is 4.60. The molecule has 1 aromatic carbocycles. The standard InChI is InChI=1S/C16H21F2N/c1-4-6-7-8-12(3)19-16(5-2)14-10-9-13(17)11-15(14)18/h5,9-11H,4,6-8H2,1-3H3/b16-5-,19-12?. The van der Waals surface area contributed by atoms with Crippen molar-refractivity contribution < 1.29 is 8.78 Å². The highest BCUT2D eigenvalue weighted by atomic mass is 19.1. The van der Waals surface area contributed by atoms with Crippen molar-refractivity contribution in [2.75, 3.05) is 0 Å². The zero-order chi connectivity index (χ0) is 14.3. The van der Waals surface area contributed by atoms with Gasteiger partial charge in [-0.05, 0) is 38.8 Å². The first-order valence-electron chi connectivity index (χ1n) is 6.74. The predicted molar refractivity (Wildman–Crippen MR) is 77.3 cm³/mol. The van der Waals surface area contributed by atoms with Gasteiger partial charge in [0, 0.05) is 17.3 Å². The normalized spacial score (nSPS) is 12.9. The lowest BCUT2D eigenvalue weighted by Crippen LogP contribution is -1.95. The van der Waals surface area contributed by atoms with Crippen molar-refractivity contribution in [3.05, 3.63) is 41.5 Å². The summed E-state index contributed by atoms with van der Waals surface area (Å²) in [6.07, 6.45) is 6.08. The molecule has 1 aromatic rings. The summed E-state index contributed by atoms with van der Waals surface area (Å²) < 4.78 is 26.6. The minimum absolute atomic E-state index is 0.346. The fourth-order valence-electron chi connectivity index (χ4n) is 1.87. The van der Waals surface area contributed by atoms with E-state index in [2.05, 4.69) is 11.9 Å². The third kappa shape index (κ3) is 4.93. The molecular formula is C16H21F2N. The number of hydrogen-bond acceptors (Lipinski definition) is 1. The van der Waals surface area contributed by atoms with Gasteiger partial charge in [-0.3, -0.25) is 4.99 Å². The number of halogens is 2. The Balaban J connectivity index is 2.86. The number of unbranched alkanes of at least 4 members (excludes halogenated alkanes) is 2. The van der Waals surface area contributed by atoms with Crippen molar-refractivity contribution in [2.24, 2.45) is 4.99 Å². The maximum Gasteiger partial charge on any atom is 0.135 e. The van der Waals surface area contributed by atoms with Gasteiger partial charge in [0.1, 0.15) is 11.6 Å². The zero-order valence-electron chi connectivity index (χ0n) is 11.8. The lowest BCUT2D eigenvalue weighted by Gasteiger charge is -2.06. The van der Waals surface area contributed by atoms with Crippen molar-refractivity contribution in [1.29, 1.82) is 0 Å². The van der Waals surface area contributed by atoms with Gasteiger partial charge in [-0.25, -0.2) is 8.78 Å². The lowest BCUT2D eigenvalue weighted by atomic mass is 10.1. The van der Waals surface area contributed by atoms with Gasteiger partial charge in [0.2, 0.25) is 0 Å². The first-order valence-corrected chi connectivity index (χ1v) is 6.74.